The van der Waals surface area contributed by atoms with Gasteiger partial charge in [-0.2, -0.15) is 0 Å². The average Bonchev–Trinajstić information content (AvgIpc) is 3.72. The van der Waals surface area contributed by atoms with Gasteiger partial charge in [-0.15, -0.1) is 0 Å². The van der Waals surface area contributed by atoms with E-state index < -0.39 is 0 Å². The first kappa shape index (κ1) is 37.8. The highest BCUT2D eigenvalue weighted by Gasteiger charge is 2.22. The number of hydrogen-bond acceptors (Lipinski definition) is 2. The summed E-state index contributed by atoms with van der Waals surface area (Å²) in [5.41, 5.74) is 13.7. The van der Waals surface area contributed by atoms with E-state index in [0.717, 1.165) is 78.0 Å². The van der Waals surface area contributed by atoms with Gasteiger partial charge in [-0.25, -0.2) is 0 Å². The summed E-state index contributed by atoms with van der Waals surface area (Å²) in [5.74, 6) is 0. The summed E-state index contributed by atoms with van der Waals surface area (Å²) in [6, 6.07) is 78.2. The fraction of sp³-hybridized carbons (Fsp3) is 0.0164. The van der Waals surface area contributed by atoms with E-state index in [-0.39, 0.29) is 0 Å². The SMILES string of the molecule is C=C(/C=C(\C(=C/C)c1ccccc1)N(c1ccc(-c2cc3ccccc3c3ccccc23)cc1)c1cccc(-c2ccc3oc4ccccc4c3c2)c1)c1cccc2ccccc12. The van der Waals surface area contributed by atoms with Gasteiger partial charge < -0.3 is 9.32 Å². The Kier molecular flexibility index (Phi) is 9.60. The van der Waals surface area contributed by atoms with Crippen LogP contribution in [0, 0.1) is 0 Å². The Morgan fingerprint density at radius 2 is 1.06 bits per heavy atom. The molecular weight excluding hydrogens is 763 g/mol. The molecule has 0 radical (unpaired) electrons. The lowest BCUT2D eigenvalue weighted by Crippen LogP contribution is -2.18. The molecule has 0 fully saturated rings. The molecule has 0 N–H and O–H groups in total. The van der Waals surface area contributed by atoms with E-state index in [4.69, 9.17) is 11.0 Å². The topological polar surface area (TPSA) is 16.4 Å². The Morgan fingerprint density at radius 3 is 1.87 bits per heavy atom. The molecule has 1 heterocycles. The maximum absolute atomic E-state index is 6.23. The van der Waals surface area contributed by atoms with Crippen molar-refractivity contribution in [3.05, 3.63) is 254 Å². The van der Waals surface area contributed by atoms with E-state index in [9.17, 15) is 0 Å². The summed E-state index contributed by atoms with van der Waals surface area (Å²) in [6.07, 6.45) is 4.49. The van der Waals surface area contributed by atoms with Crippen LogP contribution < -0.4 is 4.90 Å². The van der Waals surface area contributed by atoms with Gasteiger partial charge in [0, 0.05) is 27.7 Å². The summed E-state index contributed by atoms with van der Waals surface area (Å²) >= 11 is 0. The third-order valence-electron chi connectivity index (χ3n) is 12.4. The molecule has 0 unspecified atom stereocenters. The zero-order valence-electron chi connectivity index (χ0n) is 35.0. The van der Waals surface area contributed by atoms with E-state index in [0.29, 0.717) is 0 Å². The molecule has 0 amide bonds. The molecule has 0 bridgehead atoms. The molecule has 63 heavy (non-hydrogen) atoms. The van der Waals surface area contributed by atoms with E-state index in [1.54, 1.807) is 0 Å². The quantitative estimate of drug-likeness (QED) is 0.107. The van der Waals surface area contributed by atoms with Crippen LogP contribution in [0.1, 0.15) is 18.1 Å². The minimum Gasteiger partial charge on any atom is -0.456 e. The van der Waals surface area contributed by atoms with Crippen molar-refractivity contribution < 1.29 is 4.42 Å². The first-order valence-corrected chi connectivity index (χ1v) is 21.5. The zero-order chi connectivity index (χ0) is 42.3. The molecule has 11 aromatic rings. The lowest BCUT2D eigenvalue weighted by molar-refractivity contribution is 0.669. The maximum atomic E-state index is 6.23. The molecular formula is C61H43NO. The van der Waals surface area contributed by atoms with E-state index in [1.807, 2.05) is 12.1 Å². The highest BCUT2D eigenvalue weighted by Crippen LogP contribution is 2.42. The second-order valence-corrected chi connectivity index (χ2v) is 16.1. The first-order valence-electron chi connectivity index (χ1n) is 21.5. The first-order chi connectivity index (χ1) is 31.1. The summed E-state index contributed by atoms with van der Waals surface area (Å²) in [4.78, 5) is 2.40. The predicted molar refractivity (Wildman–Crippen MR) is 269 cm³/mol. The molecule has 2 nitrogen and oxygen atoms in total. The summed E-state index contributed by atoms with van der Waals surface area (Å²) in [6.45, 7) is 6.91. The highest BCUT2D eigenvalue weighted by molar-refractivity contribution is 6.14. The van der Waals surface area contributed by atoms with Crippen LogP contribution in [0.4, 0.5) is 11.4 Å². The molecule has 2 heteroatoms. The van der Waals surface area contributed by atoms with Crippen molar-refractivity contribution in [2.45, 2.75) is 6.92 Å². The highest BCUT2D eigenvalue weighted by atomic mass is 16.3. The Labute approximate surface area is 367 Å². The van der Waals surface area contributed by atoms with Crippen molar-refractivity contribution in [3.63, 3.8) is 0 Å². The number of rotatable bonds is 9. The van der Waals surface area contributed by atoms with E-state index >= 15 is 0 Å². The van der Waals surface area contributed by atoms with Gasteiger partial charge in [-0.3, -0.25) is 0 Å². The summed E-state index contributed by atoms with van der Waals surface area (Å²) in [7, 11) is 0. The fourth-order valence-corrected chi connectivity index (χ4v) is 9.33. The number of furan rings is 1. The number of nitrogens with zero attached hydrogens (tertiary/aromatic N) is 1. The smallest absolute Gasteiger partial charge is 0.135 e. The Balaban J connectivity index is 1.12. The molecule has 0 atom stereocenters. The summed E-state index contributed by atoms with van der Waals surface area (Å²) in [5, 5.41) is 9.57. The maximum Gasteiger partial charge on any atom is 0.135 e. The molecule has 11 rings (SSSR count). The standard InChI is InChI=1S/C61H43NO/c1-3-50(42-17-5-4-6-18-42)59(37-41(2)51-29-16-21-43-19-7-9-24-52(43)51)62(49-23-15-22-45(38-49)46-33-36-61-58(39-46)56-28-13-14-30-60(56)63-61)48-34-31-44(32-35-48)57-40-47-20-8-10-25-53(47)54-26-11-12-27-55(54)57/h3-40H,2H2,1H3/b50-3-,59-37+. The van der Waals surface area contributed by atoms with Crippen molar-refractivity contribution in [2.75, 3.05) is 4.90 Å². The second-order valence-electron chi connectivity index (χ2n) is 16.1. The number of fused-ring (bicyclic) bond motifs is 7. The zero-order valence-corrected chi connectivity index (χ0v) is 35.0. The molecule has 0 spiro atoms. The van der Waals surface area contributed by atoms with Gasteiger partial charge in [0.25, 0.3) is 0 Å². The molecule has 1 aromatic heterocycles. The summed E-state index contributed by atoms with van der Waals surface area (Å²) < 4.78 is 6.23. The number of anilines is 2. The van der Waals surface area contributed by atoms with Crippen LogP contribution in [-0.4, -0.2) is 0 Å². The van der Waals surface area contributed by atoms with Gasteiger partial charge in [0.2, 0.25) is 0 Å². The molecule has 0 saturated carbocycles. The van der Waals surface area contributed by atoms with Gasteiger partial charge in [-0.1, -0.05) is 183 Å². The normalized spacial score (nSPS) is 12.1. The van der Waals surface area contributed by atoms with Gasteiger partial charge in [0.05, 0.1) is 5.70 Å². The average molecular weight is 806 g/mol. The minimum atomic E-state index is 0.884. The van der Waals surface area contributed by atoms with E-state index in [2.05, 4.69) is 230 Å². The van der Waals surface area contributed by atoms with E-state index in [1.165, 1.54) is 37.9 Å². The molecule has 0 aliphatic carbocycles. The van der Waals surface area contributed by atoms with Crippen molar-refractivity contribution in [3.8, 4) is 22.3 Å². The van der Waals surface area contributed by atoms with Crippen LogP contribution in [-0.2, 0) is 0 Å². The second kappa shape index (κ2) is 16.0. The minimum absolute atomic E-state index is 0.884. The van der Waals surface area contributed by atoms with Crippen LogP contribution >= 0.6 is 0 Å². The van der Waals surface area contributed by atoms with Gasteiger partial charge in [0.15, 0.2) is 0 Å². The van der Waals surface area contributed by atoms with Crippen molar-refractivity contribution in [1.29, 1.82) is 0 Å². The van der Waals surface area contributed by atoms with Crippen LogP contribution in [0.3, 0.4) is 0 Å². The number of hydrogen-bond donors (Lipinski definition) is 0. The molecule has 10 aromatic carbocycles. The Morgan fingerprint density at radius 1 is 0.444 bits per heavy atom. The monoisotopic (exact) mass is 805 g/mol. The van der Waals surface area contributed by atoms with Gasteiger partial charge in [-0.05, 0) is 133 Å². The lowest BCUT2D eigenvalue weighted by atomic mass is 9.92. The van der Waals surface area contributed by atoms with Gasteiger partial charge in [0.1, 0.15) is 11.2 Å². The van der Waals surface area contributed by atoms with Crippen LogP contribution in [0.15, 0.2) is 247 Å². The molecule has 0 saturated heterocycles. The molecule has 0 aliphatic heterocycles. The predicted octanol–water partition coefficient (Wildman–Crippen LogP) is 17.2. The third-order valence-corrected chi connectivity index (χ3v) is 12.4. The van der Waals surface area contributed by atoms with Crippen molar-refractivity contribution in [1.82, 2.24) is 0 Å². The Hall–Kier alpha value is -8.20. The van der Waals surface area contributed by atoms with Crippen LogP contribution in [0.5, 0.6) is 0 Å². The number of allylic oxidation sites excluding steroid dienone is 4. The largest absolute Gasteiger partial charge is 0.456 e. The van der Waals surface area contributed by atoms with Crippen molar-refractivity contribution >= 4 is 76.8 Å². The molecule has 0 aliphatic rings. The van der Waals surface area contributed by atoms with Crippen LogP contribution in [0.2, 0.25) is 0 Å². The van der Waals surface area contributed by atoms with Crippen LogP contribution in [0.25, 0.3) is 87.7 Å². The number of benzene rings is 10. The lowest BCUT2D eigenvalue weighted by Gasteiger charge is -2.31. The Bertz CT molecular complexity index is 3580. The number of para-hydroxylation sites is 1. The molecule has 298 valence electrons. The third kappa shape index (κ3) is 6.89. The van der Waals surface area contributed by atoms with Crippen molar-refractivity contribution in [2.24, 2.45) is 0 Å². The fourth-order valence-electron chi connectivity index (χ4n) is 9.33. The van der Waals surface area contributed by atoms with Gasteiger partial charge >= 0.3 is 0 Å².